The molecule has 0 fully saturated rings. The van der Waals surface area contributed by atoms with Crippen LogP contribution in [0.3, 0.4) is 0 Å². The molecule has 0 aliphatic rings. The Balaban J connectivity index is 1.79. The van der Waals surface area contributed by atoms with Gasteiger partial charge >= 0.3 is 0 Å². The average molecular weight is 352 g/mol. The number of carbonyl (C=O) groups is 1. The average Bonchev–Trinajstić information content (AvgIpc) is 2.62. The largest absolute Gasteiger partial charge is 0.345 e. The van der Waals surface area contributed by atoms with E-state index in [0.717, 1.165) is 17.3 Å². The van der Waals surface area contributed by atoms with Gasteiger partial charge in [-0.15, -0.1) is 0 Å². The van der Waals surface area contributed by atoms with Gasteiger partial charge in [-0.25, -0.2) is 8.78 Å². The van der Waals surface area contributed by atoms with Crippen LogP contribution in [-0.2, 0) is 0 Å². The van der Waals surface area contributed by atoms with Gasteiger partial charge in [0, 0.05) is 17.2 Å². The highest BCUT2D eigenvalue weighted by atomic mass is 19.1. The molecule has 0 unspecified atom stereocenters. The summed E-state index contributed by atoms with van der Waals surface area (Å²) in [7, 11) is 0. The Morgan fingerprint density at radius 3 is 2.42 bits per heavy atom. The molecule has 1 N–H and O–H groups in total. The summed E-state index contributed by atoms with van der Waals surface area (Å²) in [5, 5.41) is 2.73. The predicted octanol–water partition coefficient (Wildman–Crippen LogP) is 4.83. The fourth-order valence-corrected chi connectivity index (χ4v) is 2.78. The molecule has 3 rings (SSSR count). The van der Waals surface area contributed by atoms with E-state index in [1.165, 1.54) is 12.1 Å². The number of aryl methyl sites for hydroxylation is 1. The van der Waals surface area contributed by atoms with Crippen molar-refractivity contribution in [3.8, 4) is 11.3 Å². The van der Waals surface area contributed by atoms with Crippen LogP contribution in [0.2, 0.25) is 0 Å². The molecule has 0 spiro atoms. The molecule has 1 amide bonds. The standard InChI is InChI=1S/C21H18F2N2O/c1-13(17-9-8-16(22)12-19(17)23)25-21(26)18-10-11-20(24-14(18)2)15-6-4-3-5-7-15/h3-13H,1-2H3,(H,25,26)/t13-/m0/s1. The first-order valence-electron chi connectivity index (χ1n) is 8.24. The molecule has 3 aromatic rings. The van der Waals surface area contributed by atoms with E-state index >= 15 is 0 Å². The van der Waals surface area contributed by atoms with E-state index in [9.17, 15) is 13.6 Å². The summed E-state index contributed by atoms with van der Waals surface area (Å²) in [6.45, 7) is 3.40. The molecule has 0 aliphatic heterocycles. The van der Waals surface area contributed by atoms with Crippen LogP contribution in [0, 0.1) is 18.6 Å². The normalized spacial score (nSPS) is 11.8. The van der Waals surface area contributed by atoms with Gasteiger partial charge in [0.15, 0.2) is 0 Å². The molecule has 0 saturated carbocycles. The van der Waals surface area contributed by atoms with Crippen molar-refractivity contribution in [2.75, 3.05) is 0 Å². The highest BCUT2D eigenvalue weighted by Crippen LogP contribution is 2.21. The van der Waals surface area contributed by atoms with Crippen molar-refractivity contribution in [1.82, 2.24) is 10.3 Å². The first-order chi connectivity index (χ1) is 12.5. The molecule has 2 aromatic carbocycles. The molecule has 0 bridgehead atoms. The molecule has 1 atom stereocenters. The monoisotopic (exact) mass is 352 g/mol. The minimum atomic E-state index is -0.688. The van der Waals surface area contributed by atoms with Crippen LogP contribution in [-0.4, -0.2) is 10.9 Å². The van der Waals surface area contributed by atoms with E-state index in [-0.39, 0.29) is 11.5 Å². The number of aromatic nitrogens is 1. The van der Waals surface area contributed by atoms with E-state index in [2.05, 4.69) is 10.3 Å². The lowest BCUT2D eigenvalue weighted by atomic mass is 10.1. The molecule has 1 aromatic heterocycles. The van der Waals surface area contributed by atoms with Crippen LogP contribution < -0.4 is 5.32 Å². The van der Waals surface area contributed by atoms with Crippen LogP contribution in [0.25, 0.3) is 11.3 Å². The zero-order valence-electron chi connectivity index (χ0n) is 14.5. The zero-order chi connectivity index (χ0) is 18.7. The summed E-state index contributed by atoms with van der Waals surface area (Å²) in [6, 6.07) is 15.8. The summed E-state index contributed by atoms with van der Waals surface area (Å²) in [6.07, 6.45) is 0. The minimum Gasteiger partial charge on any atom is -0.345 e. The second kappa shape index (κ2) is 7.44. The summed E-state index contributed by atoms with van der Waals surface area (Å²) in [4.78, 5) is 17.0. The molecule has 132 valence electrons. The summed E-state index contributed by atoms with van der Waals surface area (Å²) in [5.74, 6) is -1.70. The molecule has 0 saturated heterocycles. The van der Waals surface area contributed by atoms with Crippen molar-refractivity contribution in [3.05, 3.63) is 89.1 Å². The van der Waals surface area contributed by atoms with Crippen molar-refractivity contribution in [1.29, 1.82) is 0 Å². The Labute approximate surface area is 150 Å². The van der Waals surface area contributed by atoms with Crippen molar-refractivity contribution < 1.29 is 13.6 Å². The van der Waals surface area contributed by atoms with Crippen molar-refractivity contribution in [2.45, 2.75) is 19.9 Å². The Morgan fingerprint density at radius 2 is 1.77 bits per heavy atom. The smallest absolute Gasteiger partial charge is 0.253 e. The van der Waals surface area contributed by atoms with Gasteiger partial charge in [0.1, 0.15) is 11.6 Å². The van der Waals surface area contributed by atoms with Gasteiger partial charge in [-0.3, -0.25) is 9.78 Å². The van der Waals surface area contributed by atoms with Gasteiger partial charge in [-0.2, -0.15) is 0 Å². The highest BCUT2D eigenvalue weighted by Gasteiger charge is 2.17. The SMILES string of the molecule is Cc1nc(-c2ccccc2)ccc1C(=O)N[C@@H](C)c1ccc(F)cc1F. The van der Waals surface area contributed by atoms with E-state index < -0.39 is 17.7 Å². The Hall–Kier alpha value is -3.08. The van der Waals surface area contributed by atoms with Gasteiger partial charge in [0.05, 0.1) is 23.0 Å². The second-order valence-electron chi connectivity index (χ2n) is 6.06. The van der Waals surface area contributed by atoms with Crippen molar-refractivity contribution in [2.24, 2.45) is 0 Å². The van der Waals surface area contributed by atoms with Crippen molar-refractivity contribution in [3.63, 3.8) is 0 Å². The Morgan fingerprint density at radius 1 is 1.04 bits per heavy atom. The molecule has 5 heteroatoms. The molecule has 3 nitrogen and oxygen atoms in total. The van der Waals surface area contributed by atoms with Crippen LogP contribution in [0.15, 0.2) is 60.7 Å². The zero-order valence-corrected chi connectivity index (χ0v) is 14.5. The maximum absolute atomic E-state index is 13.9. The fraction of sp³-hybridized carbons (Fsp3) is 0.143. The number of amides is 1. The van der Waals surface area contributed by atoms with E-state index in [4.69, 9.17) is 0 Å². The minimum absolute atomic E-state index is 0.228. The molecule has 0 aliphatic carbocycles. The Kier molecular flexibility index (Phi) is 5.07. The molecular formula is C21H18F2N2O. The van der Waals surface area contributed by atoms with E-state index in [1.54, 1.807) is 26.0 Å². The van der Waals surface area contributed by atoms with E-state index in [1.807, 2.05) is 30.3 Å². The van der Waals surface area contributed by atoms with Crippen LogP contribution in [0.5, 0.6) is 0 Å². The maximum atomic E-state index is 13.9. The van der Waals surface area contributed by atoms with Crippen LogP contribution in [0.4, 0.5) is 8.78 Å². The number of carbonyl (C=O) groups excluding carboxylic acids is 1. The number of nitrogens with one attached hydrogen (secondary N) is 1. The number of benzene rings is 2. The first-order valence-corrected chi connectivity index (χ1v) is 8.24. The van der Waals surface area contributed by atoms with Gasteiger partial charge in [-0.1, -0.05) is 36.4 Å². The van der Waals surface area contributed by atoms with Gasteiger partial charge in [-0.05, 0) is 32.0 Å². The summed E-state index contributed by atoms with van der Waals surface area (Å²) >= 11 is 0. The highest BCUT2D eigenvalue weighted by molar-refractivity contribution is 5.95. The maximum Gasteiger partial charge on any atom is 0.253 e. The number of halogens is 2. The van der Waals surface area contributed by atoms with Crippen LogP contribution in [0.1, 0.15) is 34.6 Å². The lowest BCUT2D eigenvalue weighted by molar-refractivity contribution is 0.0938. The third-order valence-corrected chi connectivity index (χ3v) is 4.18. The quantitative estimate of drug-likeness (QED) is 0.731. The predicted molar refractivity (Wildman–Crippen MR) is 96.6 cm³/mol. The van der Waals surface area contributed by atoms with E-state index in [0.29, 0.717) is 11.3 Å². The summed E-state index contributed by atoms with van der Waals surface area (Å²) < 4.78 is 26.9. The number of pyridine rings is 1. The third kappa shape index (κ3) is 3.77. The molecule has 26 heavy (non-hydrogen) atoms. The third-order valence-electron chi connectivity index (χ3n) is 4.18. The van der Waals surface area contributed by atoms with Gasteiger partial charge in [0.2, 0.25) is 0 Å². The number of rotatable bonds is 4. The fourth-order valence-electron chi connectivity index (χ4n) is 2.78. The van der Waals surface area contributed by atoms with Crippen LogP contribution >= 0.6 is 0 Å². The molecule has 1 heterocycles. The topological polar surface area (TPSA) is 42.0 Å². The number of hydrogen-bond acceptors (Lipinski definition) is 2. The molecular weight excluding hydrogens is 334 g/mol. The number of nitrogens with zero attached hydrogens (tertiary/aromatic N) is 1. The number of hydrogen-bond donors (Lipinski definition) is 1. The lowest BCUT2D eigenvalue weighted by Crippen LogP contribution is -2.28. The van der Waals surface area contributed by atoms with Crippen molar-refractivity contribution >= 4 is 5.91 Å². The first kappa shape index (κ1) is 17.7. The van der Waals surface area contributed by atoms with Gasteiger partial charge < -0.3 is 5.32 Å². The van der Waals surface area contributed by atoms with Gasteiger partial charge in [0.25, 0.3) is 5.91 Å². The lowest BCUT2D eigenvalue weighted by Gasteiger charge is -2.16. The summed E-state index contributed by atoms with van der Waals surface area (Å²) in [5.41, 5.74) is 2.96. The second-order valence-corrected chi connectivity index (χ2v) is 6.06. The Bertz CT molecular complexity index is 942. The molecule has 0 radical (unpaired) electrons.